The highest BCUT2D eigenvalue weighted by molar-refractivity contribution is 5.69. The maximum absolute atomic E-state index is 12.4. The van der Waals surface area contributed by atoms with E-state index in [0.29, 0.717) is 10.6 Å². The van der Waals surface area contributed by atoms with Crippen LogP contribution in [0.25, 0.3) is 0 Å². The lowest BCUT2D eigenvalue weighted by Crippen LogP contribution is -2.37. The van der Waals surface area contributed by atoms with Gasteiger partial charge in [-0.1, -0.05) is 6.07 Å². The van der Waals surface area contributed by atoms with Crippen LogP contribution in [0.15, 0.2) is 18.2 Å². The van der Waals surface area contributed by atoms with Gasteiger partial charge < -0.3 is 14.9 Å². The first-order valence-corrected chi connectivity index (χ1v) is 5.58. The van der Waals surface area contributed by atoms with Gasteiger partial charge in [0.2, 0.25) is 0 Å². The molecule has 8 heteroatoms. The summed E-state index contributed by atoms with van der Waals surface area (Å²) in [6, 6.07) is 4.11. The fraction of sp³-hybridized carbons (Fsp3) is 0.417. The number of nitrogens with zero attached hydrogens (tertiary/aromatic N) is 1. The third kappa shape index (κ3) is 5.35. The molecular weight excluding hydrogens is 279 g/mol. The Balaban J connectivity index is 2.86. The highest BCUT2D eigenvalue weighted by atomic mass is 19.4. The van der Waals surface area contributed by atoms with E-state index in [9.17, 15) is 23.1 Å². The predicted octanol–water partition coefficient (Wildman–Crippen LogP) is 1.85. The van der Waals surface area contributed by atoms with E-state index in [1.165, 1.54) is 25.3 Å². The molecule has 0 saturated heterocycles. The minimum absolute atomic E-state index is 0.191. The van der Waals surface area contributed by atoms with E-state index in [1.807, 2.05) is 0 Å². The maximum Gasteiger partial charge on any atom is 0.401 e. The highest BCUT2D eigenvalue weighted by Crippen LogP contribution is 2.26. The number of carbonyl (C=O) groups is 1. The van der Waals surface area contributed by atoms with Crippen LogP contribution in [-0.4, -0.2) is 47.5 Å². The van der Waals surface area contributed by atoms with E-state index in [1.54, 1.807) is 0 Å². The molecule has 1 aromatic rings. The molecule has 0 atom stereocenters. The van der Waals surface area contributed by atoms with Crippen LogP contribution >= 0.6 is 0 Å². The van der Waals surface area contributed by atoms with Gasteiger partial charge in [0, 0.05) is 18.2 Å². The number of aliphatic carboxylic acids is 1. The number of phenols is 1. The Hall–Kier alpha value is -1.96. The molecule has 0 bridgehead atoms. The zero-order valence-electron chi connectivity index (χ0n) is 10.6. The molecule has 0 radical (unpaired) electrons. The normalized spacial score (nSPS) is 11.7. The first-order valence-electron chi connectivity index (χ1n) is 5.58. The minimum atomic E-state index is -4.52. The zero-order chi connectivity index (χ0) is 15.3. The van der Waals surface area contributed by atoms with Crippen molar-refractivity contribution in [3.05, 3.63) is 23.8 Å². The van der Waals surface area contributed by atoms with E-state index in [4.69, 9.17) is 9.84 Å². The van der Waals surface area contributed by atoms with Crippen molar-refractivity contribution in [2.75, 3.05) is 20.2 Å². The van der Waals surface area contributed by atoms with E-state index in [2.05, 4.69) is 0 Å². The summed E-state index contributed by atoms with van der Waals surface area (Å²) in [6.07, 6.45) is -4.52. The average molecular weight is 293 g/mol. The van der Waals surface area contributed by atoms with Crippen LogP contribution in [0.4, 0.5) is 13.2 Å². The van der Waals surface area contributed by atoms with Crippen LogP contribution in [-0.2, 0) is 11.3 Å². The number of hydrogen-bond acceptors (Lipinski definition) is 4. The molecule has 20 heavy (non-hydrogen) atoms. The standard InChI is InChI=1S/C12H14F3NO4/c1-20-9-3-2-8(10(17)4-9)5-16(6-11(18)19)7-12(13,14)15/h2-4,17H,5-7H2,1H3,(H,18,19). The lowest BCUT2D eigenvalue weighted by atomic mass is 10.1. The molecule has 5 nitrogen and oxygen atoms in total. The summed E-state index contributed by atoms with van der Waals surface area (Å²) in [5.74, 6) is -1.27. The molecule has 0 aromatic heterocycles. The summed E-state index contributed by atoms with van der Waals surface area (Å²) < 4.78 is 41.9. The van der Waals surface area contributed by atoms with Crippen molar-refractivity contribution < 1.29 is 32.9 Å². The Morgan fingerprint density at radius 1 is 1.40 bits per heavy atom. The lowest BCUT2D eigenvalue weighted by molar-refractivity contribution is -0.154. The minimum Gasteiger partial charge on any atom is -0.507 e. The molecule has 0 amide bonds. The molecule has 0 spiro atoms. The van der Waals surface area contributed by atoms with Crippen LogP contribution in [0.2, 0.25) is 0 Å². The summed E-state index contributed by atoms with van der Waals surface area (Å²) in [5.41, 5.74) is 0.191. The summed E-state index contributed by atoms with van der Waals surface area (Å²) in [7, 11) is 1.38. The lowest BCUT2D eigenvalue weighted by Gasteiger charge is -2.22. The number of rotatable bonds is 6. The number of aromatic hydroxyl groups is 1. The van der Waals surface area contributed by atoms with Crippen molar-refractivity contribution in [2.45, 2.75) is 12.7 Å². The van der Waals surface area contributed by atoms with Crippen molar-refractivity contribution in [3.63, 3.8) is 0 Å². The molecule has 0 aliphatic carbocycles. The van der Waals surface area contributed by atoms with E-state index in [0.717, 1.165) is 0 Å². The molecule has 0 fully saturated rings. The van der Waals surface area contributed by atoms with Crippen LogP contribution in [0, 0.1) is 0 Å². The van der Waals surface area contributed by atoms with Crippen LogP contribution < -0.4 is 4.74 Å². The van der Waals surface area contributed by atoms with Gasteiger partial charge in [-0.15, -0.1) is 0 Å². The second-order valence-electron chi connectivity index (χ2n) is 4.15. The first kappa shape index (κ1) is 16.1. The highest BCUT2D eigenvalue weighted by Gasteiger charge is 2.31. The van der Waals surface area contributed by atoms with Crippen LogP contribution in [0.3, 0.4) is 0 Å². The Bertz CT molecular complexity index is 476. The SMILES string of the molecule is COc1ccc(CN(CC(=O)O)CC(F)(F)F)c(O)c1. The monoisotopic (exact) mass is 293 g/mol. The van der Waals surface area contributed by atoms with E-state index in [-0.39, 0.29) is 17.9 Å². The molecule has 1 aromatic carbocycles. The van der Waals surface area contributed by atoms with Gasteiger partial charge in [0.1, 0.15) is 11.5 Å². The van der Waals surface area contributed by atoms with Crippen LogP contribution in [0.1, 0.15) is 5.56 Å². The average Bonchev–Trinajstić information content (AvgIpc) is 2.28. The second kappa shape index (κ2) is 6.47. The second-order valence-corrected chi connectivity index (χ2v) is 4.15. The Labute approximate surface area is 113 Å². The fourth-order valence-corrected chi connectivity index (χ4v) is 1.66. The van der Waals surface area contributed by atoms with Crippen molar-refractivity contribution in [2.24, 2.45) is 0 Å². The van der Waals surface area contributed by atoms with Gasteiger partial charge in [-0.2, -0.15) is 13.2 Å². The smallest absolute Gasteiger partial charge is 0.401 e. The Kier molecular flexibility index (Phi) is 5.20. The molecular formula is C12H14F3NO4. The molecule has 0 saturated carbocycles. The van der Waals surface area contributed by atoms with Gasteiger partial charge in [-0.3, -0.25) is 9.69 Å². The number of carboxylic acid groups (broad SMARTS) is 1. The number of phenolic OH excluding ortho intramolecular Hbond substituents is 1. The Morgan fingerprint density at radius 3 is 2.50 bits per heavy atom. The number of methoxy groups -OCH3 is 1. The van der Waals surface area contributed by atoms with Gasteiger partial charge >= 0.3 is 12.1 Å². The van der Waals surface area contributed by atoms with E-state index < -0.39 is 25.2 Å². The zero-order valence-corrected chi connectivity index (χ0v) is 10.6. The quantitative estimate of drug-likeness (QED) is 0.837. The van der Waals surface area contributed by atoms with Gasteiger partial charge in [-0.25, -0.2) is 0 Å². The molecule has 0 aliphatic heterocycles. The number of halogens is 3. The van der Waals surface area contributed by atoms with Crippen molar-refractivity contribution in [1.29, 1.82) is 0 Å². The number of carboxylic acids is 1. The molecule has 1 rings (SSSR count). The molecule has 0 aliphatic rings. The van der Waals surface area contributed by atoms with Crippen LogP contribution in [0.5, 0.6) is 11.5 Å². The third-order valence-corrected chi connectivity index (χ3v) is 2.45. The number of ether oxygens (including phenoxy) is 1. The van der Waals surface area contributed by atoms with Crippen molar-refractivity contribution in [1.82, 2.24) is 4.90 Å². The third-order valence-electron chi connectivity index (χ3n) is 2.45. The van der Waals surface area contributed by atoms with Gasteiger partial charge in [0.05, 0.1) is 20.2 Å². The topological polar surface area (TPSA) is 70.0 Å². The summed E-state index contributed by atoms with van der Waals surface area (Å²) in [6.45, 7) is -2.47. The predicted molar refractivity (Wildman–Crippen MR) is 63.6 cm³/mol. The number of hydrogen-bond donors (Lipinski definition) is 2. The van der Waals surface area contributed by atoms with Gasteiger partial charge in [0.15, 0.2) is 0 Å². The van der Waals surface area contributed by atoms with Crippen molar-refractivity contribution in [3.8, 4) is 11.5 Å². The van der Waals surface area contributed by atoms with E-state index >= 15 is 0 Å². The summed E-state index contributed by atoms with van der Waals surface area (Å²) >= 11 is 0. The summed E-state index contributed by atoms with van der Waals surface area (Å²) in [4.78, 5) is 11.3. The summed E-state index contributed by atoms with van der Waals surface area (Å²) in [5, 5.41) is 18.3. The number of alkyl halides is 3. The first-order chi connectivity index (χ1) is 9.21. The maximum atomic E-state index is 12.4. The molecule has 0 heterocycles. The van der Waals surface area contributed by atoms with Gasteiger partial charge in [0.25, 0.3) is 0 Å². The van der Waals surface area contributed by atoms with Crippen molar-refractivity contribution >= 4 is 5.97 Å². The molecule has 0 unspecified atom stereocenters. The molecule has 112 valence electrons. The van der Waals surface area contributed by atoms with Gasteiger partial charge in [-0.05, 0) is 6.07 Å². The largest absolute Gasteiger partial charge is 0.507 e. The number of benzene rings is 1. The Morgan fingerprint density at radius 2 is 2.05 bits per heavy atom. The molecule has 2 N–H and O–H groups in total. The fourth-order valence-electron chi connectivity index (χ4n) is 1.66.